The van der Waals surface area contributed by atoms with Gasteiger partial charge in [-0.3, -0.25) is 9.59 Å². The van der Waals surface area contributed by atoms with E-state index in [4.69, 9.17) is 4.42 Å². The van der Waals surface area contributed by atoms with Crippen molar-refractivity contribution in [3.63, 3.8) is 0 Å². The Hall–Kier alpha value is -2.64. The van der Waals surface area contributed by atoms with Crippen molar-refractivity contribution < 1.29 is 14.0 Å². The van der Waals surface area contributed by atoms with Crippen molar-refractivity contribution in [1.29, 1.82) is 0 Å². The number of aromatic amines is 1. The molecule has 2 aromatic heterocycles. The van der Waals surface area contributed by atoms with Crippen LogP contribution in [-0.2, 0) is 17.6 Å². The van der Waals surface area contributed by atoms with Crippen LogP contribution in [0.1, 0.15) is 28.4 Å². The lowest BCUT2D eigenvalue weighted by Gasteiger charge is -2.36. The first-order valence-electron chi connectivity index (χ1n) is 8.22. The topological polar surface area (TPSA) is 95.3 Å². The van der Waals surface area contributed by atoms with Crippen LogP contribution in [-0.4, -0.2) is 63.2 Å². The standard InChI is InChI=1S/C16H19N5O3/c22-15(11-3-4-12-13(10-11)18-19-17-12)20-5-7-21(8-6-20)16(23)14-2-1-9-24-14/h1-2,9,11H,3-8,10H2,(H,17,18,19). The fourth-order valence-corrected chi connectivity index (χ4v) is 3.44. The summed E-state index contributed by atoms with van der Waals surface area (Å²) in [5.74, 6) is 0.362. The first-order chi connectivity index (χ1) is 11.7. The molecule has 0 bridgehead atoms. The molecule has 1 aliphatic heterocycles. The maximum Gasteiger partial charge on any atom is 0.289 e. The number of piperazine rings is 1. The van der Waals surface area contributed by atoms with E-state index < -0.39 is 0 Å². The van der Waals surface area contributed by atoms with Gasteiger partial charge in [0.25, 0.3) is 5.91 Å². The molecule has 1 fully saturated rings. The molecule has 126 valence electrons. The normalized spacial score (nSPS) is 20.8. The molecule has 0 aromatic carbocycles. The Labute approximate surface area is 138 Å². The van der Waals surface area contributed by atoms with E-state index in [0.717, 1.165) is 24.2 Å². The Morgan fingerprint density at radius 3 is 2.62 bits per heavy atom. The number of aryl methyl sites for hydroxylation is 1. The maximum absolute atomic E-state index is 12.7. The quantitative estimate of drug-likeness (QED) is 0.865. The molecule has 1 atom stereocenters. The van der Waals surface area contributed by atoms with Gasteiger partial charge in [0.2, 0.25) is 5.91 Å². The monoisotopic (exact) mass is 329 g/mol. The number of nitrogens with zero attached hydrogens (tertiary/aromatic N) is 4. The summed E-state index contributed by atoms with van der Waals surface area (Å²) in [6, 6.07) is 3.37. The van der Waals surface area contributed by atoms with Gasteiger partial charge in [0.05, 0.1) is 17.7 Å². The summed E-state index contributed by atoms with van der Waals surface area (Å²) in [5, 5.41) is 10.9. The maximum atomic E-state index is 12.7. The van der Waals surface area contributed by atoms with E-state index in [2.05, 4.69) is 15.4 Å². The van der Waals surface area contributed by atoms with E-state index in [1.54, 1.807) is 17.0 Å². The van der Waals surface area contributed by atoms with Gasteiger partial charge in [0.15, 0.2) is 5.76 Å². The summed E-state index contributed by atoms with van der Waals surface area (Å²) in [4.78, 5) is 28.6. The van der Waals surface area contributed by atoms with Crippen molar-refractivity contribution in [3.05, 3.63) is 35.5 Å². The van der Waals surface area contributed by atoms with E-state index >= 15 is 0 Å². The number of rotatable bonds is 2. The van der Waals surface area contributed by atoms with Crippen molar-refractivity contribution >= 4 is 11.8 Å². The largest absolute Gasteiger partial charge is 0.459 e. The molecule has 1 saturated heterocycles. The molecule has 0 saturated carbocycles. The van der Waals surface area contributed by atoms with Gasteiger partial charge < -0.3 is 14.2 Å². The van der Waals surface area contributed by atoms with E-state index in [0.29, 0.717) is 38.4 Å². The lowest BCUT2D eigenvalue weighted by molar-refractivity contribution is -0.137. The van der Waals surface area contributed by atoms with E-state index in [-0.39, 0.29) is 17.7 Å². The number of nitrogens with one attached hydrogen (secondary N) is 1. The van der Waals surface area contributed by atoms with Crippen molar-refractivity contribution in [2.45, 2.75) is 19.3 Å². The molecule has 2 aromatic rings. The highest BCUT2D eigenvalue weighted by molar-refractivity contribution is 5.91. The van der Waals surface area contributed by atoms with Gasteiger partial charge >= 0.3 is 0 Å². The minimum Gasteiger partial charge on any atom is -0.459 e. The second-order valence-corrected chi connectivity index (χ2v) is 6.25. The first-order valence-corrected chi connectivity index (χ1v) is 8.22. The summed E-state index contributed by atoms with van der Waals surface area (Å²) in [6.45, 7) is 2.20. The molecule has 0 spiro atoms. The number of fused-ring (bicyclic) bond motifs is 1. The summed E-state index contributed by atoms with van der Waals surface area (Å²) in [7, 11) is 0. The van der Waals surface area contributed by atoms with Crippen molar-refractivity contribution in [2.75, 3.05) is 26.2 Å². The van der Waals surface area contributed by atoms with E-state index in [1.807, 2.05) is 4.90 Å². The third-order valence-corrected chi connectivity index (χ3v) is 4.83. The van der Waals surface area contributed by atoms with Crippen LogP contribution in [0.4, 0.5) is 0 Å². The SMILES string of the molecule is O=C(c1ccco1)N1CCN(C(=O)C2CCc3n[nH]nc3C2)CC1. The number of hydrogen-bond acceptors (Lipinski definition) is 5. The molecule has 8 nitrogen and oxygen atoms in total. The fraction of sp³-hybridized carbons (Fsp3) is 0.500. The van der Waals surface area contributed by atoms with E-state index in [1.165, 1.54) is 6.26 Å². The van der Waals surface area contributed by atoms with Crippen molar-refractivity contribution in [2.24, 2.45) is 5.92 Å². The summed E-state index contributed by atoms with van der Waals surface area (Å²) in [5.41, 5.74) is 1.89. The summed E-state index contributed by atoms with van der Waals surface area (Å²) >= 11 is 0. The zero-order chi connectivity index (χ0) is 16.5. The van der Waals surface area contributed by atoms with Crippen LogP contribution in [0.15, 0.2) is 22.8 Å². The minimum atomic E-state index is -0.114. The molecule has 1 N–H and O–H groups in total. The van der Waals surface area contributed by atoms with Gasteiger partial charge in [0, 0.05) is 38.5 Å². The van der Waals surface area contributed by atoms with Gasteiger partial charge in [-0.15, -0.1) is 0 Å². The van der Waals surface area contributed by atoms with Crippen LogP contribution in [0.5, 0.6) is 0 Å². The Balaban J connectivity index is 1.34. The number of H-pyrrole nitrogens is 1. The second-order valence-electron chi connectivity index (χ2n) is 6.25. The smallest absolute Gasteiger partial charge is 0.289 e. The summed E-state index contributed by atoms with van der Waals surface area (Å²) in [6.07, 6.45) is 3.74. The Morgan fingerprint density at radius 1 is 1.12 bits per heavy atom. The predicted molar refractivity (Wildman–Crippen MR) is 83.1 cm³/mol. The second kappa shape index (κ2) is 6.10. The van der Waals surface area contributed by atoms with Crippen molar-refractivity contribution in [1.82, 2.24) is 25.2 Å². The number of furan rings is 1. The summed E-state index contributed by atoms with van der Waals surface area (Å²) < 4.78 is 5.16. The van der Waals surface area contributed by atoms with Crippen LogP contribution >= 0.6 is 0 Å². The highest BCUT2D eigenvalue weighted by atomic mass is 16.3. The zero-order valence-electron chi connectivity index (χ0n) is 13.3. The zero-order valence-corrected chi connectivity index (χ0v) is 13.3. The highest BCUT2D eigenvalue weighted by Gasteiger charge is 2.33. The Kier molecular flexibility index (Phi) is 3.79. The van der Waals surface area contributed by atoms with Gasteiger partial charge in [-0.1, -0.05) is 0 Å². The average Bonchev–Trinajstić information content (AvgIpc) is 3.31. The van der Waals surface area contributed by atoms with Gasteiger partial charge in [-0.25, -0.2) is 0 Å². The van der Waals surface area contributed by atoms with Gasteiger partial charge in [-0.05, 0) is 25.0 Å². The van der Waals surface area contributed by atoms with Crippen LogP contribution in [0, 0.1) is 5.92 Å². The van der Waals surface area contributed by atoms with Crippen LogP contribution in [0.2, 0.25) is 0 Å². The molecule has 1 unspecified atom stereocenters. The predicted octanol–water partition coefficient (Wildman–Crippen LogP) is 0.487. The first kappa shape index (κ1) is 14.9. The Morgan fingerprint density at radius 2 is 1.88 bits per heavy atom. The Bertz CT molecular complexity index is 731. The number of amides is 2. The van der Waals surface area contributed by atoms with Crippen LogP contribution in [0.25, 0.3) is 0 Å². The number of carbonyl (C=O) groups is 2. The molecule has 1 aliphatic carbocycles. The lowest BCUT2D eigenvalue weighted by atomic mass is 9.88. The van der Waals surface area contributed by atoms with E-state index in [9.17, 15) is 9.59 Å². The molecule has 2 aliphatic rings. The number of hydrogen-bond donors (Lipinski definition) is 1. The number of carbonyl (C=O) groups excluding carboxylic acids is 2. The van der Waals surface area contributed by atoms with Crippen LogP contribution in [0.3, 0.4) is 0 Å². The fourth-order valence-electron chi connectivity index (χ4n) is 3.44. The molecule has 8 heteroatoms. The van der Waals surface area contributed by atoms with Crippen LogP contribution < -0.4 is 0 Å². The third-order valence-electron chi connectivity index (χ3n) is 4.83. The third kappa shape index (κ3) is 2.68. The molecule has 24 heavy (non-hydrogen) atoms. The number of aromatic nitrogens is 3. The molecule has 2 amide bonds. The molecule has 3 heterocycles. The highest BCUT2D eigenvalue weighted by Crippen LogP contribution is 2.24. The molecular weight excluding hydrogens is 310 g/mol. The van der Waals surface area contributed by atoms with Gasteiger partial charge in [-0.2, -0.15) is 15.4 Å². The molecule has 0 radical (unpaired) electrons. The molecular formula is C16H19N5O3. The lowest BCUT2D eigenvalue weighted by Crippen LogP contribution is -2.52. The van der Waals surface area contributed by atoms with Gasteiger partial charge in [0.1, 0.15) is 0 Å². The van der Waals surface area contributed by atoms with Crippen molar-refractivity contribution in [3.8, 4) is 0 Å². The molecule has 4 rings (SSSR count). The average molecular weight is 329 g/mol. The minimum absolute atomic E-state index is 0.0325.